The first kappa shape index (κ1) is 9.19. The lowest BCUT2D eigenvalue weighted by molar-refractivity contribution is 0.282. The molecule has 4 heteroatoms. The summed E-state index contributed by atoms with van der Waals surface area (Å²) >= 11 is 0. The molecular weight excluding hydrogens is 154 g/mol. The van der Waals surface area contributed by atoms with Gasteiger partial charge in [0.1, 0.15) is 0 Å². The van der Waals surface area contributed by atoms with Gasteiger partial charge in [-0.2, -0.15) is 0 Å². The van der Waals surface area contributed by atoms with Crippen LogP contribution >= 0.6 is 0 Å². The van der Waals surface area contributed by atoms with E-state index >= 15 is 0 Å². The molecule has 0 bridgehead atoms. The van der Waals surface area contributed by atoms with Crippen molar-refractivity contribution < 1.29 is 5.11 Å². The molecule has 0 saturated heterocycles. The van der Waals surface area contributed by atoms with E-state index in [9.17, 15) is 0 Å². The third-order valence-corrected chi connectivity index (χ3v) is 1.62. The van der Waals surface area contributed by atoms with Gasteiger partial charge in [-0.25, -0.2) is 4.68 Å². The van der Waals surface area contributed by atoms with E-state index in [1.54, 1.807) is 6.20 Å². The van der Waals surface area contributed by atoms with Crippen LogP contribution in [-0.4, -0.2) is 26.7 Å². The number of aliphatic hydroxyl groups is 1. The normalized spacial score (nSPS) is 12.0. The predicted octanol–water partition coefficient (Wildman–Crippen LogP) is 0.568. The maximum atomic E-state index is 8.76. The Kier molecular flexibility index (Phi) is 2.47. The fourth-order valence-electron chi connectivity index (χ4n) is 1.11. The fraction of sp³-hybridized carbons (Fsp3) is 0.750. The van der Waals surface area contributed by atoms with Crippen molar-refractivity contribution in [1.29, 1.82) is 0 Å². The first-order valence-electron chi connectivity index (χ1n) is 4.06. The van der Waals surface area contributed by atoms with E-state index < -0.39 is 0 Å². The number of rotatable bonds is 2. The molecule has 0 atom stereocenters. The molecule has 0 saturated carbocycles. The van der Waals surface area contributed by atoms with Crippen LogP contribution in [0.4, 0.5) is 0 Å². The van der Waals surface area contributed by atoms with Gasteiger partial charge in [0.15, 0.2) is 0 Å². The molecule has 0 amide bonds. The highest BCUT2D eigenvalue weighted by Crippen LogP contribution is 2.14. The molecule has 0 aromatic carbocycles. The van der Waals surface area contributed by atoms with Crippen molar-refractivity contribution >= 4 is 0 Å². The number of aliphatic hydroxyl groups excluding tert-OH is 1. The van der Waals surface area contributed by atoms with Crippen LogP contribution < -0.4 is 0 Å². The largest absolute Gasteiger partial charge is 0.396 e. The van der Waals surface area contributed by atoms with Crippen LogP contribution in [0.15, 0.2) is 6.20 Å². The van der Waals surface area contributed by atoms with Gasteiger partial charge < -0.3 is 5.11 Å². The van der Waals surface area contributed by atoms with E-state index in [-0.39, 0.29) is 12.1 Å². The lowest BCUT2D eigenvalue weighted by Crippen LogP contribution is -2.25. The minimum absolute atomic E-state index is 0.0546. The van der Waals surface area contributed by atoms with Crippen LogP contribution in [0.3, 0.4) is 0 Å². The molecular formula is C8H15N3O. The van der Waals surface area contributed by atoms with Gasteiger partial charge in [0.05, 0.1) is 17.4 Å². The van der Waals surface area contributed by atoms with Crippen LogP contribution in [0.5, 0.6) is 0 Å². The molecule has 4 nitrogen and oxygen atoms in total. The van der Waals surface area contributed by atoms with Crippen molar-refractivity contribution in [2.45, 2.75) is 32.7 Å². The van der Waals surface area contributed by atoms with Gasteiger partial charge in [-0.05, 0) is 20.8 Å². The molecule has 1 N–H and O–H groups in total. The Morgan fingerprint density at radius 2 is 2.17 bits per heavy atom. The molecule has 0 fully saturated rings. The van der Waals surface area contributed by atoms with Crippen molar-refractivity contribution in [1.82, 2.24) is 15.0 Å². The maximum absolute atomic E-state index is 8.76. The second-order valence-corrected chi connectivity index (χ2v) is 3.78. The maximum Gasteiger partial charge on any atom is 0.0726 e. The van der Waals surface area contributed by atoms with Gasteiger partial charge in [-0.3, -0.25) is 0 Å². The van der Waals surface area contributed by atoms with Gasteiger partial charge in [0.2, 0.25) is 0 Å². The summed E-state index contributed by atoms with van der Waals surface area (Å²) in [6, 6.07) is 0. The van der Waals surface area contributed by atoms with Crippen molar-refractivity contribution in [2.75, 3.05) is 6.61 Å². The van der Waals surface area contributed by atoms with Crippen LogP contribution in [0.2, 0.25) is 0 Å². The zero-order valence-corrected chi connectivity index (χ0v) is 7.78. The van der Waals surface area contributed by atoms with E-state index in [1.165, 1.54) is 0 Å². The Labute approximate surface area is 72.2 Å². The molecule has 0 aliphatic heterocycles. The standard InChI is InChI=1S/C8H15N3O/c1-8(2,3)11-7(4-5-12)6-9-10-11/h6,12H,4-5H2,1-3H3. The average Bonchev–Trinajstić information content (AvgIpc) is 2.34. The summed E-state index contributed by atoms with van der Waals surface area (Å²) < 4.78 is 1.84. The zero-order valence-electron chi connectivity index (χ0n) is 7.78. The smallest absolute Gasteiger partial charge is 0.0726 e. The van der Waals surface area contributed by atoms with Crippen LogP contribution in [0.25, 0.3) is 0 Å². The van der Waals surface area contributed by atoms with Crippen LogP contribution in [0.1, 0.15) is 26.5 Å². The first-order chi connectivity index (χ1) is 5.55. The predicted molar refractivity (Wildman–Crippen MR) is 45.8 cm³/mol. The van der Waals surface area contributed by atoms with Gasteiger partial charge >= 0.3 is 0 Å². The molecule has 12 heavy (non-hydrogen) atoms. The number of nitrogens with zero attached hydrogens (tertiary/aromatic N) is 3. The number of aromatic nitrogens is 3. The molecule has 0 spiro atoms. The summed E-state index contributed by atoms with van der Waals surface area (Å²) in [6.07, 6.45) is 2.31. The number of hydrogen-bond acceptors (Lipinski definition) is 3. The molecule has 0 radical (unpaired) electrons. The fourth-order valence-corrected chi connectivity index (χ4v) is 1.11. The van der Waals surface area contributed by atoms with E-state index in [0.717, 1.165) is 5.69 Å². The summed E-state index contributed by atoms with van der Waals surface area (Å²) in [5.74, 6) is 0. The molecule has 0 aliphatic rings. The van der Waals surface area contributed by atoms with E-state index in [0.29, 0.717) is 6.42 Å². The van der Waals surface area contributed by atoms with E-state index in [2.05, 4.69) is 31.1 Å². The van der Waals surface area contributed by atoms with Gasteiger partial charge in [0, 0.05) is 13.0 Å². The summed E-state index contributed by atoms with van der Waals surface area (Å²) in [5.41, 5.74) is 0.922. The summed E-state index contributed by atoms with van der Waals surface area (Å²) in [5, 5.41) is 16.5. The first-order valence-corrected chi connectivity index (χ1v) is 4.06. The lowest BCUT2D eigenvalue weighted by Gasteiger charge is -2.20. The van der Waals surface area contributed by atoms with Crippen LogP contribution in [-0.2, 0) is 12.0 Å². The molecule has 68 valence electrons. The molecule has 0 aliphatic carbocycles. The van der Waals surface area contributed by atoms with E-state index in [4.69, 9.17) is 5.11 Å². The molecule has 1 aromatic heterocycles. The highest BCUT2D eigenvalue weighted by atomic mass is 16.3. The average molecular weight is 169 g/mol. The third-order valence-electron chi connectivity index (χ3n) is 1.62. The highest BCUT2D eigenvalue weighted by Gasteiger charge is 2.17. The highest BCUT2D eigenvalue weighted by molar-refractivity contribution is 4.97. The molecule has 1 aromatic rings. The lowest BCUT2D eigenvalue weighted by atomic mass is 10.1. The van der Waals surface area contributed by atoms with Crippen molar-refractivity contribution in [3.05, 3.63) is 11.9 Å². The minimum atomic E-state index is -0.0546. The Balaban J connectivity index is 2.91. The Morgan fingerprint density at radius 1 is 1.50 bits per heavy atom. The minimum Gasteiger partial charge on any atom is -0.396 e. The van der Waals surface area contributed by atoms with Crippen LogP contribution in [0, 0.1) is 0 Å². The molecule has 0 unspecified atom stereocenters. The van der Waals surface area contributed by atoms with Crippen molar-refractivity contribution in [3.63, 3.8) is 0 Å². The van der Waals surface area contributed by atoms with E-state index in [1.807, 2.05) is 4.68 Å². The number of hydrogen-bond donors (Lipinski definition) is 1. The van der Waals surface area contributed by atoms with Crippen molar-refractivity contribution in [3.8, 4) is 0 Å². The summed E-state index contributed by atoms with van der Waals surface area (Å²) in [7, 11) is 0. The topological polar surface area (TPSA) is 50.9 Å². The quantitative estimate of drug-likeness (QED) is 0.704. The van der Waals surface area contributed by atoms with Gasteiger partial charge in [-0.15, -0.1) is 5.10 Å². The summed E-state index contributed by atoms with van der Waals surface area (Å²) in [4.78, 5) is 0. The Bertz CT molecular complexity index is 249. The van der Waals surface area contributed by atoms with Gasteiger partial charge in [0.25, 0.3) is 0 Å². The molecule has 1 heterocycles. The second-order valence-electron chi connectivity index (χ2n) is 3.78. The third kappa shape index (κ3) is 1.82. The van der Waals surface area contributed by atoms with Gasteiger partial charge in [-0.1, -0.05) is 5.21 Å². The summed E-state index contributed by atoms with van der Waals surface area (Å²) in [6.45, 7) is 6.32. The zero-order chi connectivity index (χ0) is 9.19. The Hall–Kier alpha value is -0.900. The Morgan fingerprint density at radius 3 is 2.67 bits per heavy atom. The molecule has 1 rings (SSSR count). The second kappa shape index (κ2) is 3.23. The van der Waals surface area contributed by atoms with Crippen molar-refractivity contribution in [2.24, 2.45) is 0 Å². The SMILES string of the molecule is CC(C)(C)n1nncc1CCO. The monoisotopic (exact) mass is 169 g/mol.